The maximum absolute atomic E-state index is 6.58. The molecule has 0 aliphatic rings. The molecule has 3 heterocycles. The topological polar surface area (TPSA) is 54.1 Å². The minimum Gasteiger partial charge on any atom is -0.509 e. The molecule has 7 rings (SSSR count). The van der Waals surface area contributed by atoms with Gasteiger partial charge in [-0.3, -0.25) is 4.68 Å². The molecule has 0 aliphatic heterocycles. The Hall–Kier alpha value is -4.67. The molecule has 3 aromatic heterocycles. The number of hydrogen-bond acceptors (Lipinski definition) is 4. The van der Waals surface area contributed by atoms with Crippen molar-refractivity contribution in [3.05, 3.63) is 126 Å². The minimum atomic E-state index is 0. The number of nitrogens with zero attached hydrogens (tertiary/aromatic N) is 4. The van der Waals surface area contributed by atoms with Crippen LogP contribution in [-0.4, -0.2) is 26.4 Å². The van der Waals surface area contributed by atoms with E-state index in [0.29, 0.717) is 11.5 Å². The van der Waals surface area contributed by atoms with Gasteiger partial charge in [0, 0.05) is 40.5 Å². The normalized spacial score (nSPS) is 11.3. The molecule has 0 saturated heterocycles. The fourth-order valence-electron chi connectivity index (χ4n) is 6.21. The Labute approximate surface area is 290 Å². The zero-order valence-corrected chi connectivity index (χ0v) is 29.4. The zero-order chi connectivity index (χ0) is 31.8. The van der Waals surface area contributed by atoms with Gasteiger partial charge >= 0.3 is 21.1 Å². The molecule has 0 N–H and O–H groups in total. The zero-order valence-electron chi connectivity index (χ0n) is 27.2. The van der Waals surface area contributed by atoms with Crippen LogP contribution < -0.4 is 9.47 Å². The van der Waals surface area contributed by atoms with Gasteiger partial charge in [-0.25, -0.2) is 4.98 Å². The van der Waals surface area contributed by atoms with Crippen molar-refractivity contribution in [2.75, 3.05) is 7.11 Å². The average Bonchev–Trinajstić information content (AvgIpc) is 3.64. The van der Waals surface area contributed by atoms with Gasteiger partial charge in [0.15, 0.2) is 0 Å². The van der Waals surface area contributed by atoms with Gasteiger partial charge in [-0.2, -0.15) is 11.2 Å². The molecule has 0 spiro atoms. The maximum Gasteiger partial charge on any atom is 2.00 e. The van der Waals surface area contributed by atoms with Gasteiger partial charge in [-0.1, -0.05) is 81.7 Å². The second-order valence-electron chi connectivity index (χ2n) is 11.7. The number of hydrogen-bond donors (Lipinski definition) is 0. The Morgan fingerprint density at radius 2 is 1.60 bits per heavy atom. The number of rotatable bonds is 9. The van der Waals surface area contributed by atoms with Gasteiger partial charge in [0.25, 0.3) is 0 Å². The Balaban J connectivity index is 0.00000386. The van der Waals surface area contributed by atoms with Crippen LogP contribution in [0.5, 0.6) is 17.2 Å². The summed E-state index contributed by atoms with van der Waals surface area (Å²) in [6.07, 6.45) is 3.43. The monoisotopic (exact) mass is 799 g/mol. The summed E-state index contributed by atoms with van der Waals surface area (Å²) in [7, 11) is 1.66. The number of benzene rings is 4. The minimum absolute atomic E-state index is 0. The molecule has 4 aromatic carbocycles. The van der Waals surface area contributed by atoms with Crippen LogP contribution in [-0.2, 0) is 33.9 Å². The average molecular weight is 800 g/mol. The van der Waals surface area contributed by atoms with E-state index in [2.05, 4.69) is 121 Å². The van der Waals surface area contributed by atoms with E-state index in [1.165, 1.54) is 11.1 Å². The summed E-state index contributed by atoms with van der Waals surface area (Å²) in [5.74, 6) is 2.99. The summed E-state index contributed by atoms with van der Waals surface area (Å²) in [6.45, 7) is 8.73. The summed E-state index contributed by atoms with van der Waals surface area (Å²) < 4.78 is 16.3. The predicted octanol–water partition coefficient (Wildman–Crippen LogP) is 9.68. The Morgan fingerprint density at radius 1 is 0.809 bits per heavy atom. The second-order valence-corrected chi connectivity index (χ2v) is 11.7. The molecule has 47 heavy (non-hydrogen) atoms. The van der Waals surface area contributed by atoms with Gasteiger partial charge in [0.05, 0.1) is 12.8 Å². The van der Waals surface area contributed by atoms with Crippen LogP contribution in [0.1, 0.15) is 50.6 Å². The molecular weight excluding hydrogens is 764 g/mol. The van der Waals surface area contributed by atoms with Crippen LogP contribution in [0.2, 0.25) is 0 Å². The molecular formula is C40H36N4O2Pt. The molecule has 0 aliphatic carbocycles. The summed E-state index contributed by atoms with van der Waals surface area (Å²) in [4.78, 5) is 4.68. The fourth-order valence-corrected chi connectivity index (χ4v) is 6.21. The molecule has 0 saturated carbocycles. The smallest absolute Gasteiger partial charge is 0.509 e. The number of aromatic nitrogens is 4. The number of ether oxygens (including phenoxy) is 2. The van der Waals surface area contributed by atoms with Gasteiger partial charge in [-0.05, 0) is 47.5 Å². The summed E-state index contributed by atoms with van der Waals surface area (Å²) in [6, 6.07) is 38.1. The molecule has 6 nitrogen and oxygen atoms in total. The van der Waals surface area contributed by atoms with E-state index < -0.39 is 0 Å². The molecule has 0 radical (unpaired) electrons. The van der Waals surface area contributed by atoms with Crippen molar-refractivity contribution in [3.63, 3.8) is 0 Å². The SMILES string of the molecule is CCc1nn(-c2[c-]c(Oc3[c-]c4c(cc3)c3ccccc3n4-c3cc(OC)ccn3)cc(C(C)C)c2)c(CC)c1-c1ccccc1.[Pt+2]. The van der Waals surface area contributed by atoms with Crippen LogP contribution in [0.25, 0.3) is 44.4 Å². The Bertz CT molecular complexity index is 2180. The quantitative estimate of drug-likeness (QED) is 0.137. The first-order valence-electron chi connectivity index (χ1n) is 15.9. The van der Waals surface area contributed by atoms with Gasteiger partial charge in [0.1, 0.15) is 11.6 Å². The Morgan fingerprint density at radius 3 is 2.34 bits per heavy atom. The first kappa shape index (κ1) is 32.3. The third-order valence-electron chi connectivity index (χ3n) is 8.49. The van der Waals surface area contributed by atoms with Gasteiger partial charge < -0.3 is 14.0 Å². The van der Waals surface area contributed by atoms with E-state index in [4.69, 9.17) is 14.6 Å². The molecule has 238 valence electrons. The predicted molar refractivity (Wildman–Crippen MR) is 185 cm³/mol. The molecule has 0 bridgehead atoms. The van der Waals surface area contributed by atoms with Crippen LogP contribution in [0.15, 0.2) is 97.2 Å². The van der Waals surface area contributed by atoms with Crippen molar-refractivity contribution < 1.29 is 30.5 Å². The van der Waals surface area contributed by atoms with E-state index in [1.807, 2.05) is 24.3 Å². The third-order valence-corrected chi connectivity index (χ3v) is 8.49. The first-order chi connectivity index (χ1) is 22.5. The van der Waals surface area contributed by atoms with E-state index in [0.717, 1.165) is 68.9 Å². The van der Waals surface area contributed by atoms with Crippen LogP contribution >= 0.6 is 0 Å². The molecule has 0 amide bonds. The standard InChI is InChI=1S/C40H36N4O2.Pt/c1-6-35-40(27-13-9-8-10-14-27)36(7-2)44(42-35)29-21-28(26(3)4)22-32(23-29)46-31-17-18-34-33-15-11-12-16-37(33)43(38(34)24-31)39-25-30(45-5)19-20-41-39;/h8-22,25-26H,6-7H2,1-5H3;/q-2;+2. The van der Waals surface area contributed by atoms with Crippen molar-refractivity contribution >= 4 is 21.8 Å². The fraction of sp³-hybridized carbons (Fsp3) is 0.200. The summed E-state index contributed by atoms with van der Waals surface area (Å²) >= 11 is 0. The number of aryl methyl sites for hydroxylation is 1. The summed E-state index contributed by atoms with van der Waals surface area (Å²) in [5, 5.41) is 7.31. The van der Waals surface area contributed by atoms with Gasteiger partial charge in [-0.15, -0.1) is 41.3 Å². The second kappa shape index (κ2) is 13.6. The largest absolute Gasteiger partial charge is 2.00 e. The Kier molecular flexibility index (Phi) is 9.33. The van der Waals surface area contributed by atoms with E-state index in [-0.39, 0.29) is 27.0 Å². The molecule has 0 fully saturated rings. The molecule has 0 unspecified atom stereocenters. The third kappa shape index (κ3) is 5.99. The molecule has 0 atom stereocenters. The van der Waals surface area contributed by atoms with Crippen molar-refractivity contribution in [2.24, 2.45) is 0 Å². The van der Waals surface area contributed by atoms with Crippen LogP contribution in [0, 0.1) is 12.1 Å². The van der Waals surface area contributed by atoms with Crippen molar-refractivity contribution in [2.45, 2.75) is 46.5 Å². The van der Waals surface area contributed by atoms with Crippen molar-refractivity contribution in [1.82, 2.24) is 19.3 Å². The van der Waals surface area contributed by atoms with Crippen molar-refractivity contribution in [1.29, 1.82) is 0 Å². The number of pyridine rings is 1. The molecule has 7 aromatic rings. The van der Waals surface area contributed by atoms with Crippen molar-refractivity contribution in [3.8, 4) is 39.9 Å². The number of fused-ring (bicyclic) bond motifs is 3. The van der Waals surface area contributed by atoms with Crippen LogP contribution in [0.4, 0.5) is 0 Å². The number of para-hydroxylation sites is 1. The van der Waals surface area contributed by atoms with E-state index in [9.17, 15) is 0 Å². The van der Waals surface area contributed by atoms with Gasteiger partial charge in [0.2, 0.25) is 0 Å². The van der Waals surface area contributed by atoms with E-state index >= 15 is 0 Å². The van der Waals surface area contributed by atoms with E-state index in [1.54, 1.807) is 13.3 Å². The number of methoxy groups -OCH3 is 1. The maximum atomic E-state index is 6.58. The molecule has 7 heteroatoms. The van der Waals surface area contributed by atoms with Crippen LogP contribution in [0.3, 0.4) is 0 Å². The summed E-state index contributed by atoms with van der Waals surface area (Å²) in [5.41, 5.74) is 8.55. The first-order valence-corrected chi connectivity index (χ1v) is 15.9.